The second-order valence-corrected chi connectivity index (χ2v) is 7.32. The van der Waals surface area contributed by atoms with Crippen LogP contribution in [0.25, 0.3) is 21.6 Å². The summed E-state index contributed by atoms with van der Waals surface area (Å²) in [5.74, 6) is 0. The molecule has 0 aliphatic carbocycles. The normalized spacial score (nSPS) is 12.7. The predicted molar refractivity (Wildman–Crippen MR) is 82.2 cm³/mol. The highest BCUT2D eigenvalue weighted by molar-refractivity contribution is 7.76. The van der Waals surface area contributed by atoms with Crippen LogP contribution in [0.1, 0.15) is 17.9 Å². The molecule has 3 nitrogen and oxygen atoms in total. The lowest BCUT2D eigenvalue weighted by Crippen LogP contribution is -1.92. The van der Waals surface area contributed by atoms with E-state index in [1.54, 1.807) is 13.1 Å². The van der Waals surface area contributed by atoms with Gasteiger partial charge in [-0.3, -0.25) is 4.98 Å². The first kappa shape index (κ1) is 12.8. The number of aliphatic hydroxyl groups excluding tert-OH is 1. The van der Waals surface area contributed by atoms with Crippen molar-refractivity contribution in [2.75, 3.05) is 0 Å². The molecule has 0 saturated heterocycles. The van der Waals surface area contributed by atoms with E-state index in [9.17, 15) is 5.11 Å². The Morgan fingerprint density at radius 3 is 2.68 bits per heavy atom. The Bertz CT molecular complexity index is 792. The Labute approximate surface area is 123 Å². The van der Waals surface area contributed by atoms with Crippen LogP contribution in [-0.2, 0) is 0 Å². The predicted octanol–water partition coefficient (Wildman–Crippen LogP) is 4.20. The van der Waals surface area contributed by atoms with E-state index in [-0.39, 0.29) is 0 Å². The molecule has 0 radical (unpaired) electrons. The van der Waals surface area contributed by atoms with E-state index in [1.807, 2.05) is 24.3 Å². The molecule has 0 aliphatic heterocycles. The summed E-state index contributed by atoms with van der Waals surface area (Å²) >= 11 is 8.13. The fourth-order valence-electron chi connectivity index (χ4n) is 1.81. The molecular weight excluding hydrogens is 296 g/mol. The molecule has 0 spiro atoms. The molecule has 0 bridgehead atoms. The van der Waals surface area contributed by atoms with Crippen molar-refractivity contribution < 1.29 is 5.11 Å². The third kappa shape index (κ3) is 2.44. The minimum atomic E-state index is -0.541. The third-order valence-corrected chi connectivity index (χ3v) is 5.52. The van der Waals surface area contributed by atoms with E-state index < -0.39 is 6.10 Å². The van der Waals surface area contributed by atoms with E-state index in [4.69, 9.17) is 12.2 Å². The second kappa shape index (κ2) is 5.05. The van der Waals surface area contributed by atoms with E-state index in [0.717, 1.165) is 29.6 Å². The number of fused-ring (bicyclic) bond motifs is 1. The maximum absolute atomic E-state index is 9.82. The Morgan fingerprint density at radius 1 is 1.21 bits per heavy atom. The van der Waals surface area contributed by atoms with Gasteiger partial charge in [0.05, 0.1) is 33.1 Å². The number of para-hydroxylation sites is 2. The van der Waals surface area contributed by atoms with Crippen LogP contribution in [-0.4, -0.2) is 15.1 Å². The van der Waals surface area contributed by atoms with Crippen molar-refractivity contribution >= 4 is 45.9 Å². The van der Waals surface area contributed by atoms with Crippen molar-refractivity contribution in [3.63, 3.8) is 0 Å². The number of aliphatic hydroxyl groups is 1. The lowest BCUT2D eigenvalue weighted by Gasteiger charge is -2.05. The quantitative estimate of drug-likeness (QED) is 0.721. The standard InChI is InChI=1S/C13H10N2OS3/c1-7(16)11-12(19-13(17)18-11)10-6-14-8-4-2-3-5-9(8)15-10/h2-7,16H,1H3. The lowest BCUT2D eigenvalue weighted by atomic mass is 10.2. The largest absolute Gasteiger partial charge is 0.388 e. The van der Waals surface area contributed by atoms with E-state index >= 15 is 0 Å². The van der Waals surface area contributed by atoms with Crippen LogP contribution in [0, 0.1) is 3.14 Å². The third-order valence-electron chi connectivity index (χ3n) is 2.66. The van der Waals surface area contributed by atoms with Gasteiger partial charge in [-0.1, -0.05) is 24.4 Å². The van der Waals surface area contributed by atoms with Crippen LogP contribution in [0.4, 0.5) is 0 Å². The minimum absolute atomic E-state index is 0.541. The van der Waals surface area contributed by atoms with Gasteiger partial charge in [0.15, 0.2) is 0 Å². The zero-order valence-electron chi connectivity index (χ0n) is 10.0. The fraction of sp³-hybridized carbons (Fsp3) is 0.154. The number of rotatable bonds is 2. The van der Waals surface area contributed by atoms with Gasteiger partial charge in [-0.2, -0.15) is 0 Å². The maximum atomic E-state index is 9.82. The summed E-state index contributed by atoms with van der Waals surface area (Å²) in [6.45, 7) is 1.74. The highest BCUT2D eigenvalue weighted by Gasteiger charge is 2.15. The smallest absolute Gasteiger partial charge is 0.144 e. The minimum Gasteiger partial charge on any atom is -0.388 e. The van der Waals surface area contributed by atoms with Crippen molar-refractivity contribution in [3.8, 4) is 10.6 Å². The number of hydrogen-bond acceptors (Lipinski definition) is 6. The first-order chi connectivity index (χ1) is 9.15. The Hall–Kier alpha value is -1.21. The molecule has 19 heavy (non-hydrogen) atoms. The second-order valence-electron chi connectivity index (χ2n) is 4.07. The molecule has 1 aromatic carbocycles. The molecule has 2 heterocycles. The van der Waals surface area contributed by atoms with Crippen molar-refractivity contribution in [2.24, 2.45) is 0 Å². The topological polar surface area (TPSA) is 46.0 Å². The summed E-state index contributed by atoms with van der Waals surface area (Å²) in [4.78, 5) is 10.8. The van der Waals surface area contributed by atoms with Gasteiger partial charge >= 0.3 is 0 Å². The highest BCUT2D eigenvalue weighted by atomic mass is 32.2. The number of benzene rings is 1. The number of aromatic nitrogens is 2. The maximum Gasteiger partial charge on any atom is 0.144 e. The number of hydrogen-bond donors (Lipinski definition) is 1. The summed E-state index contributed by atoms with van der Waals surface area (Å²) in [5, 5.41) is 9.82. The summed E-state index contributed by atoms with van der Waals surface area (Å²) in [6.07, 6.45) is 1.20. The average molecular weight is 306 g/mol. The number of nitrogens with zero attached hydrogens (tertiary/aromatic N) is 2. The van der Waals surface area contributed by atoms with Crippen molar-refractivity contribution in [1.82, 2.24) is 9.97 Å². The summed E-state index contributed by atoms with van der Waals surface area (Å²) in [5.41, 5.74) is 2.48. The van der Waals surface area contributed by atoms with Gasteiger partial charge < -0.3 is 5.11 Å². The van der Waals surface area contributed by atoms with Crippen LogP contribution in [0.2, 0.25) is 0 Å². The average Bonchev–Trinajstić information content (AvgIpc) is 2.80. The Balaban J connectivity index is 2.21. The molecule has 0 amide bonds. The molecular formula is C13H10N2OS3. The zero-order valence-corrected chi connectivity index (χ0v) is 12.5. The molecule has 0 saturated carbocycles. The Kier molecular flexibility index (Phi) is 3.40. The van der Waals surface area contributed by atoms with E-state index in [0.29, 0.717) is 0 Å². The van der Waals surface area contributed by atoms with Crippen molar-refractivity contribution in [3.05, 3.63) is 38.5 Å². The summed E-state index contributed by atoms with van der Waals surface area (Å²) in [6, 6.07) is 7.73. The van der Waals surface area contributed by atoms with Gasteiger partial charge in [0.25, 0.3) is 0 Å². The molecule has 96 valence electrons. The van der Waals surface area contributed by atoms with Crippen LogP contribution in [0.3, 0.4) is 0 Å². The molecule has 0 fully saturated rings. The SMILES string of the molecule is CC(O)c1sc(=S)sc1-c1cnc2ccccc2n1. The van der Waals surface area contributed by atoms with Gasteiger partial charge in [0.1, 0.15) is 8.83 Å². The van der Waals surface area contributed by atoms with Crippen LogP contribution >= 0.6 is 34.9 Å². The first-order valence-electron chi connectivity index (χ1n) is 5.69. The molecule has 0 aliphatic rings. The molecule has 1 N–H and O–H groups in total. The van der Waals surface area contributed by atoms with Gasteiger partial charge in [-0.05, 0) is 19.1 Å². The molecule has 3 rings (SSSR count). The zero-order chi connectivity index (χ0) is 13.4. The van der Waals surface area contributed by atoms with Crippen LogP contribution in [0.5, 0.6) is 0 Å². The first-order valence-corrected chi connectivity index (χ1v) is 7.73. The van der Waals surface area contributed by atoms with Crippen LogP contribution in [0.15, 0.2) is 30.5 Å². The molecule has 6 heteroatoms. The van der Waals surface area contributed by atoms with E-state index in [2.05, 4.69) is 9.97 Å². The highest BCUT2D eigenvalue weighted by Crippen LogP contribution is 2.37. The van der Waals surface area contributed by atoms with Crippen molar-refractivity contribution in [1.29, 1.82) is 0 Å². The van der Waals surface area contributed by atoms with Gasteiger partial charge in [-0.15, -0.1) is 22.7 Å². The van der Waals surface area contributed by atoms with Crippen molar-refractivity contribution in [2.45, 2.75) is 13.0 Å². The van der Waals surface area contributed by atoms with E-state index in [1.165, 1.54) is 22.7 Å². The fourth-order valence-corrected chi connectivity index (χ4v) is 4.45. The molecule has 1 atom stereocenters. The molecule has 3 aromatic rings. The van der Waals surface area contributed by atoms with Gasteiger partial charge in [-0.25, -0.2) is 4.98 Å². The Morgan fingerprint density at radius 2 is 1.95 bits per heavy atom. The summed E-state index contributed by atoms with van der Waals surface area (Å²) < 4.78 is 0.792. The molecule has 1 unspecified atom stereocenters. The lowest BCUT2D eigenvalue weighted by molar-refractivity contribution is 0.204. The summed E-state index contributed by atoms with van der Waals surface area (Å²) in [7, 11) is 0. The molecule has 2 aromatic heterocycles. The van der Waals surface area contributed by atoms with Crippen LogP contribution < -0.4 is 0 Å². The van der Waals surface area contributed by atoms with Gasteiger partial charge in [0.2, 0.25) is 0 Å². The monoisotopic (exact) mass is 306 g/mol. The van der Waals surface area contributed by atoms with Gasteiger partial charge in [0, 0.05) is 0 Å².